The van der Waals surface area contributed by atoms with E-state index in [1.54, 1.807) is 12.1 Å². The molecule has 0 fully saturated rings. The highest BCUT2D eigenvalue weighted by Crippen LogP contribution is 2.32. The van der Waals surface area contributed by atoms with E-state index in [0.29, 0.717) is 21.9 Å². The summed E-state index contributed by atoms with van der Waals surface area (Å²) in [6.45, 7) is 0. The molecule has 0 atom stereocenters. The van der Waals surface area contributed by atoms with Crippen LogP contribution in [0.5, 0.6) is 0 Å². The molecule has 0 N–H and O–H groups in total. The molecule has 0 spiro atoms. The third kappa shape index (κ3) is 1.71. The molecular weight excluding hydrogens is 248 g/mol. The highest BCUT2D eigenvalue weighted by Gasteiger charge is 2.11. The second-order valence-electron chi connectivity index (χ2n) is 3.97. The second-order valence-corrected chi connectivity index (χ2v) is 4.38. The molecule has 3 rings (SSSR count). The van der Waals surface area contributed by atoms with Crippen LogP contribution >= 0.6 is 11.6 Å². The molecule has 0 bridgehead atoms. The van der Waals surface area contributed by atoms with E-state index in [0.717, 1.165) is 17.2 Å². The first-order valence-corrected chi connectivity index (χ1v) is 5.90. The third-order valence-electron chi connectivity index (χ3n) is 2.85. The van der Waals surface area contributed by atoms with Crippen molar-refractivity contribution in [2.45, 2.75) is 0 Å². The standard InChI is InChI=1S/C15H9ClO2/c16-13-7-3-5-10-8-14(18-15(10)13)12-6-2-1-4-11(12)9-17/h1-9H. The summed E-state index contributed by atoms with van der Waals surface area (Å²) in [5.74, 6) is 0.654. The Morgan fingerprint density at radius 3 is 2.67 bits per heavy atom. The van der Waals surface area contributed by atoms with Crippen molar-refractivity contribution in [1.82, 2.24) is 0 Å². The summed E-state index contributed by atoms with van der Waals surface area (Å²) in [6.07, 6.45) is 0.824. The number of furan rings is 1. The molecule has 18 heavy (non-hydrogen) atoms. The van der Waals surface area contributed by atoms with Gasteiger partial charge in [-0.25, -0.2) is 0 Å². The Balaban J connectivity index is 2.26. The average molecular weight is 257 g/mol. The van der Waals surface area contributed by atoms with Crippen LogP contribution in [0.15, 0.2) is 52.9 Å². The lowest BCUT2D eigenvalue weighted by Gasteiger charge is -1.99. The van der Waals surface area contributed by atoms with Crippen LogP contribution in [0.3, 0.4) is 0 Å². The van der Waals surface area contributed by atoms with Crippen LogP contribution in [0.2, 0.25) is 5.02 Å². The second kappa shape index (κ2) is 4.31. The molecule has 0 saturated carbocycles. The van der Waals surface area contributed by atoms with Crippen LogP contribution in [0.1, 0.15) is 10.4 Å². The molecule has 0 aliphatic heterocycles. The number of carbonyl (C=O) groups is 1. The van der Waals surface area contributed by atoms with Gasteiger partial charge in [0.05, 0.1) is 5.02 Å². The number of halogens is 1. The summed E-state index contributed by atoms with van der Waals surface area (Å²) in [4.78, 5) is 11.0. The summed E-state index contributed by atoms with van der Waals surface area (Å²) in [5.41, 5.74) is 2.03. The summed E-state index contributed by atoms with van der Waals surface area (Å²) in [6, 6.07) is 14.8. The molecule has 0 radical (unpaired) electrons. The van der Waals surface area contributed by atoms with E-state index in [4.69, 9.17) is 16.0 Å². The minimum absolute atomic E-state index is 0.572. The molecule has 3 aromatic rings. The largest absolute Gasteiger partial charge is 0.454 e. The number of benzene rings is 2. The van der Waals surface area contributed by atoms with Crippen LogP contribution in [-0.2, 0) is 0 Å². The van der Waals surface area contributed by atoms with Crippen molar-refractivity contribution >= 4 is 28.9 Å². The van der Waals surface area contributed by atoms with Gasteiger partial charge in [-0.3, -0.25) is 4.79 Å². The molecule has 1 aromatic heterocycles. The lowest BCUT2D eigenvalue weighted by molar-refractivity contribution is 0.112. The maximum absolute atomic E-state index is 11.0. The van der Waals surface area contributed by atoms with E-state index in [1.807, 2.05) is 36.4 Å². The van der Waals surface area contributed by atoms with Gasteiger partial charge in [0.15, 0.2) is 11.9 Å². The molecule has 0 saturated heterocycles. The van der Waals surface area contributed by atoms with Crippen molar-refractivity contribution in [1.29, 1.82) is 0 Å². The number of hydrogen-bond acceptors (Lipinski definition) is 2. The Morgan fingerprint density at radius 1 is 1.06 bits per heavy atom. The zero-order chi connectivity index (χ0) is 12.5. The smallest absolute Gasteiger partial charge is 0.153 e. The highest BCUT2D eigenvalue weighted by atomic mass is 35.5. The van der Waals surface area contributed by atoms with Crippen LogP contribution < -0.4 is 0 Å². The third-order valence-corrected chi connectivity index (χ3v) is 3.15. The van der Waals surface area contributed by atoms with Gasteiger partial charge in [-0.15, -0.1) is 0 Å². The Hall–Kier alpha value is -2.06. The average Bonchev–Trinajstić information content (AvgIpc) is 2.84. The Morgan fingerprint density at radius 2 is 1.89 bits per heavy atom. The summed E-state index contributed by atoms with van der Waals surface area (Å²) in [7, 11) is 0. The van der Waals surface area contributed by atoms with E-state index in [9.17, 15) is 4.79 Å². The number of hydrogen-bond donors (Lipinski definition) is 0. The normalized spacial score (nSPS) is 10.7. The molecule has 3 heteroatoms. The highest BCUT2D eigenvalue weighted by molar-refractivity contribution is 6.34. The molecule has 0 aliphatic carbocycles. The molecule has 1 heterocycles. The predicted molar refractivity (Wildman–Crippen MR) is 72.0 cm³/mol. The van der Waals surface area contributed by atoms with Crippen molar-refractivity contribution in [3.63, 3.8) is 0 Å². The first-order chi connectivity index (χ1) is 8.79. The minimum Gasteiger partial charge on any atom is -0.454 e. The number of carbonyl (C=O) groups excluding carboxylic acids is 1. The first-order valence-electron chi connectivity index (χ1n) is 5.52. The fraction of sp³-hybridized carbons (Fsp3) is 0. The summed E-state index contributed by atoms with van der Waals surface area (Å²) < 4.78 is 5.74. The lowest BCUT2D eigenvalue weighted by Crippen LogP contribution is -1.84. The van der Waals surface area contributed by atoms with Crippen molar-refractivity contribution in [2.24, 2.45) is 0 Å². The van der Waals surface area contributed by atoms with Crippen LogP contribution in [0.4, 0.5) is 0 Å². The molecule has 0 amide bonds. The number of rotatable bonds is 2. The maximum Gasteiger partial charge on any atom is 0.153 e. The van der Waals surface area contributed by atoms with Gasteiger partial charge in [0.1, 0.15) is 5.76 Å². The molecule has 0 aliphatic rings. The molecule has 88 valence electrons. The minimum atomic E-state index is 0.572. The quantitative estimate of drug-likeness (QED) is 0.629. The van der Waals surface area contributed by atoms with E-state index < -0.39 is 0 Å². The SMILES string of the molecule is O=Cc1ccccc1-c1cc2cccc(Cl)c2o1. The number of fused-ring (bicyclic) bond motifs is 1. The van der Waals surface area contributed by atoms with Crippen molar-refractivity contribution in [3.8, 4) is 11.3 Å². The van der Waals surface area contributed by atoms with Gasteiger partial charge in [-0.1, -0.05) is 48.0 Å². The summed E-state index contributed by atoms with van der Waals surface area (Å²) >= 11 is 6.07. The van der Waals surface area contributed by atoms with E-state index in [1.165, 1.54) is 0 Å². The molecule has 2 nitrogen and oxygen atoms in total. The fourth-order valence-corrected chi connectivity index (χ4v) is 2.20. The van der Waals surface area contributed by atoms with Gasteiger partial charge in [0.25, 0.3) is 0 Å². The van der Waals surface area contributed by atoms with Gasteiger partial charge in [-0.05, 0) is 12.1 Å². The fourth-order valence-electron chi connectivity index (χ4n) is 1.98. The van der Waals surface area contributed by atoms with Gasteiger partial charge in [-0.2, -0.15) is 0 Å². The maximum atomic E-state index is 11.0. The van der Waals surface area contributed by atoms with Gasteiger partial charge < -0.3 is 4.42 Å². The molecular formula is C15H9ClO2. The first kappa shape index (κ1) is 11.1. The van der Waals surface area contributed by atoms with E-state index >= 15 is 0 Å². The van der Waals surface area contributed by atoms with Crippen LogP contribution in [0.25, 0.3) is 22.3 Å². The monoisotopic (exact) mass is 256 g/mol. The number of aldehydes is 1. The Kier molecular flexibility index (Phi) is 2.65. The lowest BCUT2D eigenvalue weighted by atomic mass is 10.1. The zero-order valence-corrected chi connectivity index (χ0v) is 10.1. The summed E-state index contributed by atoms with van der Waals surface area (Å²) in [5, 5.41) is 1.50. The van der Waals surface area contributed by atoms with Gasteiger partial charge in [0.2, 0.25) is 0 Å². The van der Waals surface area contributed by atoms with Crippen molar-refractivity contribution in [2.75, 3.05) is 0 Å². The number of para-hydroxylation sites is 1. The van der Waals surface area contributed by atoms with Crippen LogP contribution in [0, 0.1) is 0 Å². The molecule has 2 aromatic carbocycles. The molecule has 0 unspecified atom stereocenters. The predicted octanol–water partition coefficient (Wildman–Crippen LogP) is 4.57. The Labute approximate surface area is 109 Å². The van der Waals surface area contributed by atoms with Crippen LogP contribution in [-0.4, -0.2) is 6.29 Å². The van der Waals surface area contributed by atoms with Crippen molar-refractivity contribution in [3.05, 3.63) is 59.1 Å². The van der Waals surface area contributed by atoms with Crippen molar-refractivity contribution < 1.29 is 9.21 Å². The van der Waals surface area contributed by atoms with Gasteiger partial charge in [0, 0.05) is 16.5 Å². The van der Waals surface area contributed by atoms with Gasteiger partial charge >= 0.3 is 0 Å². The van der Waals surface area contributed by atoms with E-state index in [2.05, 4.69) is 0 Å². The Bertz CT molecular complexity index is 728. The topological polar surface area (TPSA) is 30.2 Å². The van der Waals surface area contributed by atoms with E-state index in [-0.39, 0.29) is 0 Å². The zero-order valence-electron chi connectivity index (χ0n) is 9.39.